The molecule has 1 aromatic heterocycles. The summed E-state index contributed by atoms with van der Waals surface area (Å²) in [5, 5.41) is 27.7. The number of rotatable bonds is 6. The summed E-state index contributed by atoms with van der Waals surface area (Å²) in [4.78, 5) is 6.73. The smallest absolute Gasteiger partial charge is 0.166 e. The molecule has 2 unspecified atom stereocenters. The van der Waals surface area contributed by atoms with Gasteiger partial charge in [-0.2, -0.15) is 0 Å². The van der Waals surface area contributed by atoms with E-state index in [4.69, 9.17) is 17.0 Å². The fourth-order valence-corrected chi connectivity index (χ4v) is 8.49. The predicted molar refractivity (Wildman–Crippen MR) is 145 cm³/mol. The van der Waals surface area contributed by atoms with Gasteiger partial charge in [-0.15, -0.1) is 0 Å². The summed E-state index contributed by atoms with van der Waals surface area (Å²) < 4.78 is 9.22. The van der Waals surface area contributed by atoms with Gasteiger partial charge in [-0.3, -0.25) is 4.90 Å². The van der Waals surface area contributed by atoms with Gasteiger partial charge in [0, 0.05) is 42.0 Å². The van der Waals surface area contributed by atoms with Crippen LogP contribution in [-0.2, 0) is 24.8 Å². The number of hydrogen-bond donors (Lipinski definition) is 2. The third-order valence-electron chi connectivity index (χ3n) is 10.0. The van der Waals surface area contributed by atoms with Crippen LogP contribution in [0.4, 0.5) is 0 Å². The maximum Gasteiger partial charge on any atom is 0.166 e. The maximum absolute atomic E-state index is 13.0. The van der Waals surface area contributed by atoms with Gasteiger partial charge >= 0.3 is 0 Å². The molecule has 0 amide bonds. The van der Waals surface area contributed by atoms with Gasteiger partial charge in [-0.25, -0.2) is 4.99 Å². The van der Waals surface area contributed by atoms with Crippen molar-refractivity contribution in [2.75, 3.05) is 19.6 Å². The zero-order chi connectivity index (χ0) is 24.9. The second kappa shape index (κ2) is 7.67. The highest BCUT2D eigenvalue weighted by atomic mass is 32.1. The standard InChI is InChI=1S/C30H31N3O3S/c34-23-9-8-19-14-24-30(35)15-21-20-4-1-2-5-22(20)33(12-3-11-31-17-37)26(21)28-29(30,25(19)27(23)36-28)10-13-32(24)16-18-6-7-18/h1-2,4-5,8-9,18,24,28,34-35H,3,6-7,10-16H2/t24-,28?,29+,30?/m1/s1. The molecule has 1 saturated heterocycles. The Kier molecular flexibility index (Phi) is 4.62. The number of ether oxygens (including phenoxy) is 1. The lowest BCUT2D eigenvalue weighted by molar-refractivity contribution is -0.173. The molecular weight excluding hydrogens is 482 g/mol. The average molecular weight is 514 g/mol. The Bertz CT molecular complexity index is 1510. The summed E-state index contributed by atoms with van der Waals surface area (Å²) in [6.07, 6.45) is 5.35. The normalized spacial score (nSPS) is 30.9. The van der Waals surface area contributed by atoms with Crippen LogP contribution in [0.2, 0.25) is 0 Å². The number of phenols is 1. The second-order valence-corrected chi connectivity index (χ2v) is 12.0. The highest BCUT2D eigenvalue weighted by molar-refractivity contribution is 7.78. The second-order valence-electron chi connectivity index (χ2n) is 11.8. The lowest BCUT2D eigenvalue weighted by Crippen LogP contribution is -2.74. The van der Waals surface area contributed by atoms with Crippen molar-refractivity contribution >= 4 is 28.3 Å². The number of likely N-dealkylation sites (tertiary alicyclic amines) is 1. The number of para-hydroxylation sites is 1. The largest absolute Gasteiger partial charge is 0.504 e. The molecule has 190 valence electrons. The van der Waals surface area contributed by atoms with Crippen molar-refractivity contribution in [1.29, 1.82) is 0 Å². The van der Waals surface area contributed by atoms with Crippen molar-refractivity contribution in [1.82, 2.24) is 9.47 Å². The zero-order valence-corrected chi connectivity index (χ0v) is 21.6. The number of aryl methyl sites for hydroxylation is 1. The molecule has 1 spiro atoms. The number of benzene rings is 2. The van der Waals surface area contributed by atoms with E-state index < -0.39 is 11.0 Å². The number of aliphatic imine (C=N–C) groups is 1. The molecule has 6 nitrogen and oxygen atoms in total. The van der Waals surface area contributed by atoms with Gasteiger partial charge in [0.1, 0.15) is 0 Å². The molecular formula is C30H31N3O3S. The highest BCUT2D eigenvalue weighted by Crippen LogP contribution is 2.69. The first-order chi connectivity index (χ1) is 18.1. The van der Waals surface area contributed by atoms with Gasteiger partial charge in [0.25, 0.3) is 0 Å². The van der Waals surface area contributed by atoms with Gasteiger partial charge in [0.2, 0.25) is 0 Å². The van der Waals surface area contributed by atoms with E-state index in [2.05, 4.69) is 50.0 Å². The molecule has 2 bridgehead atoms. The van der Waals surface area contributed by atoms with E-state index in [0.717, 1.165) is 56.1 Å². The van der Waals surface area contributed by atoms with Crippen LogP contribution in [0.3, 0.4) is 0 Å². The number of thiocarbonyl (C=S) groups is 1. The quantitative estimate of drug-likeness (QED) is 0.288. The fraction of sp³-hybridized carbons (Fsp3) is 0.500. The van der Waals surface area contributed by atoms with E-state index in [1.807, 2.05) is 0 Å². The monoisotopic (exact) mass is 513 g/mol. The Morgan fingerprint density at radius 1 is 1.19 bits per heavy atom. The molecule has 2 N–H and O–H groups in total. The number of phenolic OH excluding ortho intramolecular Hbond substituents is 1. The minimum atomic E-state index is -0.958. The van der Waals surface area contributed by atoms with Crippen molar-refractivity contribution < 1.29 is 14.9 Å². The molecule has 3 aliphatic carbocycles. The Balaban J connectivity index is 1.37. The van der Waals surface area contributed by atoms with Gasteiger partial charge < -0.3 is 19.5 Å². The molecule has 2 aliphatic heterocycles. The number of hydrogen-bond acceptors (Lipinski definition) is 6. The molecule has 3 heterocycles. The van der Waals surface area contributed by atoms with Gasteiger partial charge in [0.15, 0.2) is 17.6 Å². The van der Waals surface area contributed by atoms with Crippen molar-refractivity contribution in [3.05, 3.63) is 58.8 Å². The first kappa shape index (κ1) is 22.3. The molecule has 1 saturated carbocycles. The minimum absolute atomic E-state index is 0.0446. The van der Waals surface area contributed by atoms with Crippen LogP contribution in [0.1, 0.15) is 54.2 Å². The Hall–Kier alpha value is -2.70. The van der Waals surface area contributed by atoms with Crippen molar-refractivity contribution in [3.63, 3.8) is 0 Å². The summed E-state index contributed by atoms with van der Waals surface area (Å²) in [7, 11) is 0. The molecule has 2 fully saturated rings. The summed E-state index contributed by atoms with van der Waals surface area (Å²) in [5.74, 6) is 1.54. The van der Waals surface area contributed by atoms with Crippen LogP contribution < -0.4 is 4.74 Å². The molecule has 5 aliphatic rings. The number of isothiocyanates is 1. The molecule has 37 heavy (non-hydrogen) atoms. The van der Waals surface area contributed by atoms with Crippen LogP contribution >= 0.6 is 12.2 Å². The van der Waals surface area contributed by atoms with E-state index >= 15 is 0 Å². The van der Waals surface area contributed by atoms with Crippen molar-refractivity contribution in [2.45, 2.75) is 68.2 Å². The topological polar surface area (TPSA) is 70.2 Å². The molecule has 4 atom stereocenters. The van der Waals surface area contributed by atoms with Gasteiger partial charge in [-0.05, 0) is 80.0 Å². The minimum Gasteiger partial charge on any atom is -0.504 e. The highest BCUT2D eigenvalue weighted by Gasteiger charge is 2.73. The van der Waals surface area contributed by atoms with Gasteiger partial charge in [-0.1, -0.05) is 24.3 Å². The molecule has 0 radical (unpaired) electrons. The number of nitrogens with zero attached hydrogens (tertiary/aromatic N) is 3. The zero-order valence-electron chi connectivity index (χ0n) is 20.8. The van der Waals surface area contributed by atoms with Crippen LogP contribution in [-0.4, -0.2) is 56.1 Å². The van der Waals surface area contributed by atoms with E-state index in [0.29, 0.717) is 18.7 Å². The molecule has 3 aromatic rings. The van der Waals surface area contributed by atoms with Crippen LogP contribution in [0.5, 0.6) is 11.5 Å². The van der Waals surface area contributed by atoms with Gasteiger partial charge in [0.05, 0.1) is 28.4 Å². The first-order valence-corrected chi connectivity index (χ1v) is 14.1. The lowest BCUT2D eigenvalue weighted by atomic mass is 9.49. The van der Waals surface area contributed by atoms with Crippen LogP contribution in [0.15, 0.2) is 41.4 Å². The lowest BCUT2D eigenvalue weighted by Gasteiger charge is -2.63. The van der Waals surface area contributed by atoms with E-state index in [9.17, 15) is 10.2 Å². The van der Waals surface area contributed by atoms with Crippen molar-refractivity contribution in [3.8, 4) is 11.5 Å². The number of piperidine rings is 1. The fourth-order valence-electron chi connectivity index (χ4n) is 8.40. The van der Waals surface area contributed by atoms with Crippen LogP contribution in [0, 0.1) is 5.92 Å². The van der Waals surface area contributed by atoms with E-state index in [1.54, 1.807) is 6.07 Å². The first-order valence-electron chi connectivity index (χ1n) is 13.7. The number of fused-ring (bicyclic) bond motifs is 4. The SMILES string of the molecule is Oc1ccc2c3c1OC1c4c(c5ccccc5n4CCCN=C=S)CC4(O)[C@@H](C2)N(CC2CC2)CC[C@]314. The number of aromatic hydroxyl groups is 1. The summed E-state index contributed by atoms with van der Waals surface area (Å²) in [6.45, 7) is 3.45. The van der Waals surface area contributed by atoms with Crippen LogP contribution in [0.25, 0.3) is 10.9 Å². The van der Waals surface area contributed by atoms with E-state index in [1.165, 1.54) is 34.9 Å². The Morgan fingerprint density at radius 3 is 2.89 bits per heavy atom. The third kappa shape index (κ3) is 2.78. The number of aromatic nitrogens is 1. The summed E-state index contributed by atoms with van der Waals surface area (Å²) in [6, 6.07) is 12.4. The molecule has 7 heteroatoms. The summed E-state index contributed by atoms with van der Waals surface area (Å²) >= 11 is 4.79. The predicted octanol–water partition coefficient (Wildman–Crippen LogP) is 4.54. The number of aliphatic hydroxyl groups is 1. The Morgan fingerprint density at radius 2 is 2.05 bits per heavy atom. The van der Waals surface area contributed by atoms with Crippen molar-refractivity contribution in [2.24, 2.45) is 10.9 Å². The maximum atomic E-state index is 13.0. The van der Waals surface area contributed by atoms with E-state index in [-0.39, 0.29) is 17.9 Å². The molecule has 2 aromatic carbocycles. The Labute approximate surface area is 221 Å². The third-order valence-corrected chi connectivity index (χ3v) is 10.2. The molecule has 8 rings (SSSR count). The summed E-state index contributed by atoms with van der Waals surface area (Å²) in [5.41, 5.74) is 4.31. The average Bonchev–Trinajstić information content (AvgIpc) is 3.57.